The SMILES string of the molecule is C=C1OCCCC1(C)OO. The normalized spacial score (nSPS) is 33.6. The first-order valence-electron chi connectivity index (χ1n) is 3.34. The second-order valence-electron chi connectivity index (χ2n) is 2.70. The van der Waals surface area contributed by atoms with Crippen LogP contribution in [0.1, 0.15) is 19.8 Å². The average Bonchev–Trinajstić information content (AvgIpc) is 1.96. The maximum Gasteiger partial charge on any atom is 0.157 e. The Kier molecular flexibility index (Phi) is 1.97. The molecule has 58 valence electrons. The van der Waals surface area contributed by atoms with Crippen molar-refractivity contribution in [3.05, 3.63) is 12.3 Å². The molecule has 1 fully saturated rings. The van der Waals surface area contributed by atoms with Gasteiger partial charge in [-0.25, -0.2) is 4.89 Å². The highest BCUT2D eigenvalue weighted by molar-refractivity contribution is 5.05. The Morgan fingerprint density at radius 3 is 2.90 bits per heavy atom. The monoisotopic (exact) mass is 144 g/mol. The van der Waals surface area contributed by atoms with E-state index in [-0.39, 0.29) is 0 Å². The van der Waals surface area contributed by atoms with Crippen LogP contribution in [0.4, 0.5) is 0 Å². The van der Waals surface area contributed by atoms with Crippen molar-refractivity contribution in [3.63, 3.8) is 0 Å². The van der Waals surface area contributed by atoms with Crippen LogP contribution in [0.2, 0.25) is 0 Å². The van der Waals surface area contributed by atoms with E-state index in [0.29, 0.717) is 12.4 Å². The summed E-state index contributed by atoms with van der Waals surface area (Å²) in [7, 11) is 0. The molecule has 0 aromatic heterocycles. The highest BCUT2D eigenvalue weighted by Gasteiger charge is 2.33. The quantitative estimate of drug-likeness (QED) is 0.448. The van der Waals surface area contributed by atoms with Crippen molar-refractivity contribution in [3.8, 4) is 0 Å². The molecule has 1 aliphatic heterocycles. The van der Waals surface area contributed by atoms with Crippen molar-refractivity contribution < 1.29 is 14.9 Å². The third-order valence-corrected chi connectivity index (χ3v) is 1.87. The summed E-state index contributed by atoms with van der Waals surface area (Å²) in [5.41, 5.74) is -0.682. The van der Waals surface area contributed by atoms with E-state index in [1.54, 1.807) is 6.92 Å². The van der Waals surface area contributed by atoms with Crippen molar-refractivity contribution in [2.45, 2.75) is 25.4 Å². The third-order valence-electron chi connectivity index (χ3n) is 1.87. The Hall–Kier alpha value is -0.540. The minimum atomic E-state index is -0.682. The molecule has 1 rings (SSSR count). The number of rotatable bonds is 1. The summed E-state index contributed by atoms with van der Waals surface area (Å²) in [6, 6.07) is 0. The van der Waals surface area contributed by atoms with Gasteiger partial charge in [0.05, 0.1) is 6.61 Å². The molecule has 0 bridgehead atoms. The fraction of sp³-hybridized carbons (Fsp3) is 0.714. The van der Waals surface area contributed by atoms with Crippen molar-refractivity contribution in [1.29, 1.82) is 0 Å². The molecular formula is C7H12O3. The standard InChI is InChI=1S/C7H12O3/c1-6-7(2,10-8)4-3-5-9-6/h8H,1,3-5H2,2H3. The van der Waals surface area contributed by atoms with E-state index in [0.717, 1.165) is 12.8 Å². The van der Waals surface area contributed by atoms with E-state index in [1.165, 1.54) is 0 Å². The summed E-state index contributed by atoms with van der Waals surface area (Å²) in [5.74, 6) is 0.515. The van der Waals surface area contributed by atoms with E-state index in [4.69, 9.17) is 9.99 Å². The minimum absolute atomic E-state index is 0.515. The lowest BCUT2D eigenvalue weighted by Crippen LogP contribution is -2.34. The minimum Gasteiger partial charge on any atom is -0.495 e. The Morgan fingerprint density at radius 2 is 2.50 bits per heavy atom. The summed E-state index contributed by atoms with van der Waals surface area (Å²) in [6.07, 6.45) is 1.67. The highest BCUT2D eigenvalue weighted by Crippen LogP contribution is 2.29. The second-order valence-corrected chi connectivity index (χ2v) is 2.70. The zero-order chi connectivity index (χ0) is 7.61. The van der Waals surface area contributed by atoms with E-state index in [9.17, 15) is 0 Å². The van der Waals surface area contributed by atoms with Gasteiger partial charge < -0.3 is 4.74 Å². The maximum absolute atomic E-state index is 8.48. The first-order chi connectivity index (χ1) is 4.69. The summed E-state index contributed by atoms with van der Waals surface area (Å²) >= 11 is 0. The number of ether oxygens (including phenoxy) is 1. The molecule has 0 aromatic rings. The van der Waals surface area contributed by atoms with Crippen LogP contribution in [0, 0.1) is 0 Å². The number of hydrogen-bond acceptors (Lipinski definition) is 3. The molecular weight excluding hydrogens is 132 g/mol. The summed E-state index contributed by atoms with van der Waals surface area (Å²) < 4.78 is 5.10. The molecule has 0 radical (unpaired) electrons. The largest absolute Gasteiger partial charge is 0.495 e. The molecule has 3 heteroatoms. The predicted molar refractivity (Wildman–Crippen MR) is 36.4 cm³/mol. The molecule has 1 atom stereocenters. The van der Waals surface area contributed by atoms with Crippen LogP contribution in [0.5, 0.6) is 0 Å². The average molecular weight is 144 g/mol. The van der Waals surface area contributed by atoms with E-state index >= 15 is 0 Å². The van der Waals surface area contributed by atoms with Crippen LogP contribution in [0.25, 0.3) is 0 Å². The van der Waals surface area contributed by atoms with Gasteiger partial charge in [0.15, 0.2) is 5.60 Å². The van der Waals surface area contributed by atoms with Crippen molar-refractivity contribution in [2.24, 2.45) is 0 Å². The molecule has 1 saturated heterocycles. The molecule has 3 nitrogen and oxygen atoms in total. The van der Waals surface area contributed by atoms with Gasteiger partial charge >= 0.3 is 0 Å². The topological polar surface area (TPSA) is 38.7 Å². The van der Waals surface area contributed by atoms with Gasteiger partial charge in [0, 0.05) is 0 Å². The van der Waals surface area contributed by atoms with Crippen LogP contribution < -0.4 is 0 Å². The summed E-state index contributed by atoms with van der Waals surface area (Å²) in [5, 5.41) is 8.48. The molecule has 1 N–H and O–H groups in total. The van der Waals surface area contributed by atoms with Gasteiger partial charge in [-0.15, -0.1) is 0 Å². The fourth-order valence-electron chi connectivity index (χ4n) is 0.994. The molecule has 0 saturated carbocycles. The van der Waals surface area contributed by atoms with E-state index in [1.807, 2.05) is 0 Å². The molecule has 0 aromatic carbocycles. The lowest BCUT2D eigenvalue weighted by molar-refractivity contribution is -0.320. The third kappa shape index (κ3) is 1.15. The first kappa shape index (κ1) is 7.57. The molecule has 1 aliphatic rings. The molecule has 0 amide bonds. The van der Waals surface area contributed by atoms with Gasteiger partial charge in [0.2, 0.25) is 0 Å². The van der Waals surface area contributed by atoms with Crippen molar-refractivity contribution in [2.75, 3.05) is 6.61 Å². The summed E-state index contributed by atoms with van der Waals surface area (Å²) in [4.78, 5) is 4.27. The van der Waals surface area contributed by atoms with Crippen LogP contribution in [0.15, 0.2) is 12.3 Å². The van der Waals surface area contributed by atoms with Gasteiger partial charge in [-0.3, -0.25) is 5.26 Å². The van der Waals surface area contributed by atoms with Gasteiger partial charge in [0.25, 0.3) is 0 Å². The fourth-order valence-corrected chi connectivity index (χ4v) is 0.994. The van der Waals surface area contributed by atoms with E-state index in [2.05, 4.69) is 11.5 Å². The molecule has 1 heterocycles. The maximum atomic E-state index is 8.48. The van der Waals surface area contributed by atoms with Crippen LogP contribution in [0.3, 0.4) is 0 Å². The lowest BCUT2D eigenvalue weighted by atomic mass is 9.96. The molecule has 10 heavy (non-hydrogen) atoms. The highest BCUT2D eigenvalue weighted by atomic mass is 17.1. The Balaban J connectivity index is 2.63. The lowest BCUT2D eigenvalue weighted by Gasteiger charge is -2.31. The van der Waals surface area contributed by atoms with Crippen molar-refractivity contribution in [1.82, 2.24) is 0 Å². The molecule has 0 spiro atoms. The number of hydrogen-bond donors (Lipinski definition) is 1. The van der Waals surface area contributed by atoms with Crippen molar-refractivity contribution >= 4 is 0 Å². The zero-order valence-electron chi connectivity index (χ0n) is 6.09. The van der Waals surface area contributed by atoms with Crippen LogP contribution in [-0.2, 0) is 9.62 Å². The van der Waals surface area contributed by atoms with Crippen LogP contribution >= 0.6 is 0 Å². The van der Waals surface area contributed by atoms with Gasteiger partial charge in [-0.1, -0.05) is 6.58 Å². The van der Waals surface area contributed by atoms with Crippen LogP contribution in [-0.4, -0.2) is 17.5 Å². The Morgan fingerprint density at radius 1 is 1.80 bits per heavy atom. The predicted octanol–water partition coefficient (Wildman–Crippen LogP) is 1.56. The smallest absolute Gasteiger partial charge is 0.157 e. The Labute approximate surface area is 60.2 Å². The van der Waals surface area contributed by atoms with Gasteiger partial charge in [0.1, 0.15) is 5.76 Å². The zero-order valence-corrected chi connectivity index (χ0v) is 6.09. The summed E-state index contributed by atoms with van der Waals surface area (Å²) in [6.45, 7) is 6.07. The Bertz CT molecular complexity index is 144. The van der Waals surface area contributed by atoms with Gasteiger partial charge in [-0.2, -0.15) is 0 Å². The van der Waals surface area contributed by atoms with E-state index < -0.39 is 5.60 Å². The molecule has 0 aliphatic carbocycles. The molecule has 1 unspecified atom stereocenters. The first-order valence-corrected chi connectivity index (χ1v) is 3.34. The second kappa shape index (κ2) is 2.60. The van der Waals surface area contributed by atoms with Gasteiger partial charge in [-0.05, 0) is 19.8 Å².